The maximum atomic E-state index is 12.9. The van der Waals surface area contributed by atoms with Gasteiger partial charge >= 0.3 is 12.1 Å². The zero-order valence-electron chi connectivity index (χ0n) is 15.1. The van der Waals surface area contributed by atoms with Gasteiger partial charge in [-0.15, -0.1) is 11.3 Å². The van der Waals surface area contributed by atoms with Crippen LogP contribution in [0, 0.1) is 0 Å². The zero-order chi connectivity index (χ0) is 20.3. The first-order valence-corrected chi connectivity index (χ1v) is 9.59. The number of anilines is 2. The number of halogens is 3. The normalized spacial score (nSPS) is 14.0. The minimum absolute atomic E-state index is 0.0605. The van der Waals surface area contributed by atoms with Crippen molar-refractivity contribution in [2.45, 2.75) is 38.3 Å². The second-order valence-electron chi connectivity index (χ2n) is 6.41. The van der Waals surface area contributed by atoms with Gasteiger partial charge in [-0.2, -0.15) is 13.2 Å². The quantitative estimate of drug-likeness (QED) is 0.711. The Hall–Kier alpha value is -2.55. The van der Waals surface area contributed by atoms with Crippen molar-refractivity contribution in [2.24, 2.45) is 0 Å². The summed E-state index contributed by atoms with van der Waals surface area (Å²) in [5.74, 6) is -2.10. The third-order valence-corrected chi connectivity index (χ3v) is 5.67. The van der Waals surface area contributed by atoms with Crippen LogP contribution in [0.25, 0.3) is 0 Å². The van der Waals surface area contributed by atoms with Crippen molar-refractivity contribution in [3.63, 3.8) is 0 Å². The summed E-state index contributed by atoms with van der Waals surface area (Å²) in [4.78, 5) is 25.2. The van der Waals surface area contributed by atoms with Crippen LogP contribution < -0.4 is 15.4 Å². The largest absolute Gasteiger partial charge is 0.497 e. The van der Waals surface area contributed by atoms with Crippen molar-refractivity contribution in [3.8, 4) is 5.75 Å². The van der Waals surface area contributed by atoms with Crippen LogP contribution in [0.3, 0.4) is 0 Å². The molecule has 3 rings (SSSR count). The van der Waals surface area contributed by atoms with Gasteiger partial charge in [0.25, 0.3) is 5.91 Å². The maximum Gasteiger partial charge on any atom is 0.471 e. The molecule has 28 heavy (non-hydrogen) atoms. The topological polar surface area (TPSA) is 67.4 Å². The first-order valence-electron chi connectivity index (χ1n) is 8.77. The van der Waals surface area contributed by atoms with E-state index in [0.717, 1.165) is 41.0 Å². The molecule has 9 heteroatoms. The third-order valence-electron chi connectivity index (χ3n) is 4.46. The number of hydrogen-bond acceptors (Lipinski definition) is 4. The van der Waals surface area contributed by atoms with Crippen LogP contribution in [0.1, 0.15) is 40.1 Å². The van der Waals surface area contributed by atoms with Crippen molar-refractivity contribution in [1.29, 1.82) is 0 Å². The standard InChI is InChI=1S/C19H19F3N2O3S/c1-27-12-7-5-6-11(10-12)23-16(25)15-13-8-3-2-4-9-14(13)28-17(15)24-18(26)19(20,21)22/h5-7,10H,2-4,8-9H2,1H3,(H,23,25)(H,24,26). The molecule has 1 aliphatic rings. The smallest absolute Gasteiger partial charge is 0.471 e. The van der Waals surface area contributed by atoms with Gasteiger partial charge in [0, 0.05) is 16.6 Å². The molecule has 0 saturated carbocycles. The van der Waals surface area contributed by atoms with E-state index in [1.165, 1.54) is 7.11 Å². The average Bonchev–Trinajstić information content (AvgIpc) is 2.81. The highest BCUT2D eigenvalue weighted by Crippen LogP contribution is 2.38. The van der Waals surface area contributed by atoms with Crippen LogP contribution in [0.2, 0.25) is 0 Å². The second kappa shape index (κ2) is 8.22. The van der Waals surface area contributed by atoms with Crippen molar-refractivity contribution in [3.05, 3.63) is 40.3 Å². The summed E-state index contributed by atoms with van der Waals surface area (Å²) in [5, 5.41) is 4.52. The molecule has 0 spiro atoms. The number of nitrogens with one attached hydrogen (secondary N) is 2. The molecule has 0 atom stereocenters. The lowest BCUT2D eigenvalue weighted by Gasteiger charge is -2.11. The van der Waals surface area contributed by atoms with E-state index in [9.17, 15) is 22.8 Å². The summed E-state index contributed by atoms with van der Waals surface area (Å²) >= 11 is 1.05. The summed E-state index contributed by atoms with van der Waals surface area (Å²) in [5.41, 5.74) is 1.29. The van der Waals surface area contributed by atoms with E-state index in [1.54, 1.807) is 24.3 Å². The number of aryl methyl sites for hydroxylation is 1. The molecular formula is C19H19F3N2O3S. The molecule has 1 aliphatic carbocycles. The highest BCUT2D eigenvalue weighted by Gasteiger charge is 2.40. The minimum atomic E-state index is -5.03. The Kier molecular flexibility index (Phi) is 5.93. The summed E-state index contributed by atoms with van der Waals surface area (Å²) < 4.78 is 43.3. The van der Waals surface area contributed by atoms with E-state index < -0.39 is 18.0 Å². The van der Waals surface area contributed by atoms with Crippen LogP contribution in [0.4, 0.5) is 23.9 Å². The number of thiophene rings is 1. The number of amides is 2. The van der Waals surface area contributed by atoms with Crippen LogP contribution in [-0.2, 0) is 17.6 Å². The van der Waals surface area contributed by atoms with Crippen LogP contribution in [0.15, 0.2) is 24.3 Å². The van der Waals surface area contributed by atoms with E-state index in [0.29, 0.717) is 24.3 Å². The molecular weight excluding hydrogens is 393 g/mol. The highest BCUT2D eigenvalue weighted by atomic mass is 32.1. The summed E-state index contributed by atoms with van der Waals surface area (Å²) in [6.45, 7) is 0. The molecule has 0 unspecified atom stereocenters. The number of hydrogen-bond donors (Lipinski definition) is 2. The maximum absolute atomic E-state index is 12.9. The SMILES string of the molecule is COc1cccc(NC(=O)c2c(NC(=O)C(F)(F)F)sc3c2CCCCC3)c1. The molecule has 0 saturated heterocycles. The van der Waals surface area contributed by atoms with Gasteiger partial charge in [-0.25, -0.2) is 0 Å². The monoisotopic (exact) mass is 412 g/mol. The first kappa shape index (κ1) is 20.2. The van der Waals surface area contributed by atoms with Crippen molar-refractivity contribution in [1.82, 2.24) is 0 Å². The molecule has 0 bridgehead atoms. The lowest BCUT2D eigenvalue weighted by molar-refractivity contribution is -0.167. The van der Waals surface area contributed by atoms with Crippen molar-refractivity contribution in [2.75, 3.05) is 17.7 Å². The Balaban J connectivity index is 1.95. The minimum Gasteiger partial charge on any atom is -0.497 e. The fraction of sp³-hybridized carbons (Fsp3) is 0.368. The molecule has 0 aliphatic heterocycles. The molecule has 2 N–H and O–H groups in total. The number of alkyl halides is 3. The van der Waals surface area contributed by atoms with E-state index in [2.05, 4.69) is 5.32 Å². The second-order valence-corrected chi connectivity index (χ2v) is 7.51. The molecule has 0 radical (unpaired) electrons. The highest BCUT2D eigenvalue weighted by molar-refractivity contribution is 7.17. The van der Waals surface area contributed by atoms with Gasteiger partial charge in [0.1, 0.15) is 10.8 Å². The lowest BCUT2D eigenvalue weighted by atomic mass is 10.0. The molecule has 2 aromatic rings. The van der Waals surface area contributed by atoms with Gasteiger partial charge in [-0.05, 0) is 43.4 Å². The van der Waals surface area contributed by atoms with Gasteiger partial charge in [-0.1, -0.05) is 12.5 Å². The predicted octanol–water partition coefficient (Wildman–Crippen LogP) is 4.78. The zero-order valence-corrected chi connectivity index (χ0v) is 15.9. The third kappa shape index (κ3) is 4.46. The Morgan fingerprint density at radius 2 is 1.86 bits per heavy atom. The number of ether oxygens (including phenoxy) is 1. The van der Waals surface area contributed by atoms with Crippen LogP contribution in [-0.4, -0.2) is 25.1 Å². The van der Waals surface area contributed by atoms with E-state index >= 15 is 0 Å². The molecule has 1 heterocycles. The Labute approximate surface area is 163 Å². The van der Waals surface area contributed by atoms with Crippen molar-refractivity contribution < 1.29 is 27.5 Å². The van der Waals surface area contributed by atoms with Crippen LogP contribution >= 0.6 is 11.3 Å². The number of methoxy groups -OCH3 is 1. The van der Waals surface area contributed by atoms with Gasteiger partial charge in [0.05, 0.1) is 12.7 Å². The number of fused-ring (bicyclic) bond motifs is 1. The van der Waals surface area contributed by atoms with Crippen LogP contribution in [0.5, 0.6) is 5.75 Å². The molecule has 1 aromatic carbocycles. The van der Waals surface area contributed by atoms with Gasteiger partial charge in [0.2, 0.25) is 0 Å². The number of benzene rings is 1. The summed E-state index contributed by atoms with van der Waals surface area (Å²) in [6.07, 6.45) is -1.02. The summed E-state index contributed by atoms with van der Waals surface area (Å²) in [6, 6.07) is 6.66. The van der Waals surface area contributed by atoms with Gasteiger partial charge < -0.3 is 15.4 Å². The Morgan fingerprint density at radius 3 is 2.57 bits per heavy atom. The fourth-order valence-corrected chi connectivity index (χ4v) is 4.42. The van der Waals surface area contributed by atoms with E-state index in [-0.39, 0.29) is 10.6 Å². The van der Waals surface area contributed by atoms with Gasteiger partial charge in [0.15, 0.2) is 0 Å². The van der Waals surface area contributed by atoms with Crippen molar-refractivity contribution >= 4 is 33.8 Å². The molecule has 1 aromatic heterocycles. The van der Waals surface area contributed by atoms with E-state index in [4.69, 9.17) is 4.74 Å². The Bertz CT molecular complexity index is 893. The predicted molar refractivity (Wildman–Crippen MR) is 101 cm³/mol. The molecule has 5 nitrogen and oxygen atoms in total. The van der Waals surface area contributed by atoms with Gasteiger partial charge in [-0.3, -0.25) is 9.59 Å². The number of carbonyl (C=O) groups excluding carboxylic acids is 2. The average molecular weight is 412 g/mol. The number of carbonyl (C=O) groups is 2. The lowest BCUT2D eigenvalue weighted by Crippen LogP contribution is -2.30. The first-order chi connectivity index (χ1) is 13.3. The molecule has 2 amide bonds. The summed E-state index contributed by atoms with van der Waals surface area (Å²) in [7, 11) is 1.49. The molecule has 0 fully saturated rings. The Morgan fingerprint density at radius 1 is 1.11 bits per heavy atom. The number of rotatable bonds is 4. The van der Waals surface area contributed by atoms with E-state index in [1.807, 2.05) is 5.32 Å². The molecule has 150 valence electrons. The fourth-order valence-electron chi connectivity index (χ4n) is 3.14.